The smallest absolute Gasteiger partial charge is 0.307 e. The van der Waals surface area contributed by atoms with Gasteiger partial charge < -0.3 is 9.47 Å². The molecule has 0 atom stereocenters. The Kier molecular flexibility index (Phi) is 2.82. The molecule has 0 amide bonds. The van der Waals surface area contributed by atoms with E-state index in [1.807, 2.05) is 42.5 Å². The maximum Gasteiger partial charge on any atom is 0.307 e. The standard InChI is InChI=1S/C18H13NO3/c1-11(20)22-14-9-15-17(21-10-14)7-6-13-8-12-4-2-3-5-16(12)19-18(13)15/h2-9H,10H2,1H3. The number of hydrogen-bond donors (Lipinski definition) is 0. The molecule has 22 heavy (non-hydrogen) atoms. The molecule has 0 aliphatic carbocycles. The van der Waals surface area contributed by atoms with Crippen molar-refractivity contribution in [2.24, 2.45) is 0 Å². The molecule has 3 aromatic rings. The number of esters is 1. The van der Waals surface area contributed by atoms with Crippen LogP contribution >= 0.6 is 0 Å². The summed E-state index contributed by atoms with van der Waals surface area (Å²) in [6.07, 6.45) is 1.84. The van der Waals surface area contributed by atoms with Crippen LogP contribution < -0.4 is 4.74 Å². The van der Waals surface area contributed by atoms with E-state index in [0.29, 0.717) is 5.76 Å². The molecule has 0 spiro atoms. The molecule has 2 aromatic carbocycles. The number of aromatic nitrogens is 1. The number of fused-ring (bicyclic) bond motifs is 4. The Balaban J connectivity index is 1.97. The van der Waals surface area contributed by atoms with Crippen molar-refractivity contribution in [1.82, 2.24) is 4.98 Å². The minimum Gasteiger partial charge on any atom is -0.485 e. The lowest BCUT2D eigenvalue weighted by atomic mass is 10.0. The largest absolute Gasteiger partial charge is 0.485 e. The van der Waals surface area contributed by atoms with Crippen LogP contribution in [0.4, 0.5) is 0 Å². The lowest BCUT2D eigenvalue weighted by molar-refractivity contribution is -0.137. The molecule has 1 aliphatic rings. The van der Waals surface area contributed by atoms with E-state index >= 15 is 0 Å². The van der Waals surface area contributed by atoms with E-state index in [-0.39, 0.29) is 12.6 Å². The highest BCUT2D eigenvalue weighted by molar-refractivity contribution is 5.98. The van der Waals surface area contributed by atoms with Gasteiger partial charge in [-0.15, -0.1) is 0 Å². The Morgan fingerprint density at radius 2 is 2.05 bits per heavy atom. The van der Waals surface area contributed by atoms with Gasteiger partial charge in [-0.25, -0.2) is 4.98 Å². The van der Waals surface area contributed by atoms with Crippen LogP contribution in [0, 0.1) is 0 Å². The predicted octanol–water partition coefficient (Wildman–Crippen LogP) is 3.68. The maximum atomic E-state index is 11.1. The van der Waals surface area contributed by atoms with E-state index in [9.17, 15) is 4.79 Å². The van der Waals surface area contributed by atoms with Crippen LogP contribution in [0.1, 0.15) is 12.5 Å². The summed E-state index contributed by atoms with van der Waals surface area (Å²) in [7, 11) is 0. The van der Waals surface area contributed by atoms with Crippen molar-refractivity contribution in [1.29, 1.82) is 0 Å². The van der Waals surface area contributed by atoms with Gasteiger partial charge in [-0.1, -0.05) is 18.2 Å². The Bertz CT molecular complexity index is 944. The third-order valence-electron chi connectivity index (χ3n) is 3.64. The highest BCUT2D eigenvalue weighted by Gasteiger charge is 2.17. The fourth-order valence-electron chi connectivity index (χ4n) is 2.71. The van der Waals surface area contributed by atoms with Gasteiger partial charge in [0.15, 0.2) is 0 Å². The highest BCUT2D eigenvalue weighted by Crippen LogP contribution is 2.33. The topological polar surface area (TPSA) is 48.4 Å². The molecule has 0 bridgehead atoms. The van der Waals surface area contributed by atoms with Gasteiger partial charge >= 0.3 is 5.97 Å². The fourth-order valence-corrected chi connectivity index (χ4v) is 2.71. The van der Waals surface area contributed by atoms with E-state index in [1.165, 1.54) is 6.92 Å². The molecule has 1 aromatic heterocycles. The summed E-state index contributed by atoms with van der Waals surface area (Å²) in [6.45, 7) is 1.64. The molecule has 4 rings (SSSR count). The molecule has 0 radical (unpaired) electrons. The monoisotopic (exact) mass is 291 g/mol. The first-order valence-electron chi connectivity index (χ1n) is 7.05. The summed E-state index contributed by atoms with van der Waals surface area (Å²) in [5.74, 6) is 0.908. The number of hydrogen-bond acceptors (Lipinski definition) is 4. The zero-order valence-electron chi connectivity index (χ0n) is 12.0. The SMILES string of the molecule is CC(=O)OC1=Cc2c(ccc3cc4ccccc4nc23)OC1. The Labute approximate surface area is 127 Å². The first kappa shape index (κ1) is 12.8. The molecule has 0 fully saturated rings. The highest BCUT2D eigenvalue weighted by atomic mass is 16.6. The van der Waals surface area contributed by atoms with E-state index < -0.39 is 0 Å². The third kappa shape index (κ3) is 2.09. The van der Waals surface area contributed by atoms with Crippen molar-refractivity contribution in [3.05, 3.63) is 53.8 Å². The van der Waals surface area contributed by atoms with Crippen molar-refractivity contribution in [2.45, 2.75) is 6.92 Å². The minimum absolute atomic E-state index is 0.256. The van der Waals surface area contributed by atoms with Crippen LogP contribution in [0.5, 0.6) is 5.75 Å². The Morgan fingerprint density at radius 3 is 2.91 bits per heavy atom. The summed E-state index contributed by atoms with van der Waals surface area (Å²) in [5, 5.41) is 2.12. The summed E-state index contributed by atoms with van der Waals surface area (Å²) in [5.41, 5.74) is 2.63. The average molecular weight is 291 g/mol. The molecule has 4 heteroatoms. The zero-order valence-corrected chi connectivity index (χ0v) is 12.0. The molecular weight excluding hydrogens is 278 g/mol. The molecule has 2 heterocycles. The molecule has 0 saturated heterocycles. The number of rotatable bonds is 1. The van der Waals surface area contributed by atoms with Gasteiger partial charge in [-0.2, -0.15) is 0 Å². The molecule has 1 aliphatic heterocycles. The van der Waals surface area contributed by atoms with Crippen LogP contribution in [0.15, 0.2) is 48.2 Å². The van der Waals surface area contributed by atoms with Gasteiger partial charge in [0, 0.05) is 23.3 Å². The van der Waals surface area contributed by atoms with Gasteiger partial charge in [-0.3, -0.25) is 4.79 Å². The number of ether oxygens (including phenoxy) is 2. The van der Waals surface area contributed by atoms with Crippen molar-refractivity contribution in [3.8, 4) is 5.75 Å². The second-order valence-electron chi connectivity index (χ2n) is 5.22. The number of pyridine rings is 1. The minimum atomic E-state index is -0.350. The molecular formula is C18H13NO3. The first-order chi connectivity index (χ1) is 10.7. The molecule has 4 nitrogen and oxygen atoms in total. The van der Waals surface area contributed by atoms with Crippen molar-refractivity contribution < 1.29 is 14.3 Å². The number of nitrogens with zero attached hydrogens (tertiary/aromatic N) is 1. The quantitative estimate of drug-likeness (QED) is 0.507. The molecule has 0 saturated carbocycles. The molecule has 108 valence electrons. The van der Waals surface area contributed by atoms with E-state index in [2.05, 4.69) is 6.07 Å². The first-order valence-corrected chi connectivity index (χ1v) is 7.05. The number of benzene rings is 2. The van der Waals surface area contributed by atoms with Gasteiger partial charge in [0.25, 0.3) is 0 Å². The third-order valence-corrected chi connectivity index (χ3v) is 3.64. The van der Waals surface area contributed by atoms with Gasteiger partial charge in [-0.05, 0) is 30.3 Å². The van der Waals surface area contributed by atoms with Crippen molar-refractivity contribution >= 4 is 33.9 Å². The van der Waals surface area contributed by atoms with Crippen LogP contribution in [0.3, 0.4) is 0 Å². The van der Waals surface area contributed by atoms with Gasteiger partial charge in [0.1, 0.15) is 18.1 Å². The summed E-state index contributed by atoms with van der Waals surface area (Å²) < 4.78 is 10.8. The normalized spacial score (nSPS) is 13.4. The lowest BCUT2D eigenvalue weighted by Crippen LogP contribution is -2.12. The van der Waals surface area contributed by atoms with Crippen LogP contribution in [0.2, 0.25) is 0 Å². The molecule has 0 N–H and O–H groups in total. The average Bonchev–Trinajstić information content (AvgIpc) is 2.52. The Morgan fingerprint density at radius 1 is 1.18 bits per heavy atom. The van der Waals surface area contributed by atoms with Crippen molar-refractivity contribution in [3.63, 3.8) is 0 Å². The second-order valence-corrected chi connectivity index (χ2v) is 5.22. The molecule has 0 unspecified atom stereocenters. The predicted molar refractivity (Wildman–Crippen MR) is 84.5 cm³/mol. The van der Waals surface area contributed by atoms with Crippen LogP contribution in [0.25, 0.3) is 27.9 Å². The summed E-state index contributed by atoms with van der Waals surface area (Å²) in [4.78, 5) is 15.9. The maximum absolute atomic E-state index is 11.1. The number of carbonyl (C=O) groups is 1. The number of carbonyl (C=O) groups excluding carboxylic acids is 1. The summed E-state index contributed by atoms with van der Waals surface area (Å²) >= 11 is 0. The number of para-hydroxylation sites is 1. The Hall–Kier alpha value is -2.88. The van der Waals surface area contributed by atoms with E-state index in [1.54, 1.807) is 0 Å². The fraction of sp³-hybridized carbons (Fsp3) is 0.111. The van der Waals surface area contributed by atoms with Crippen LogP contribution in [-0.4, -0.2) is 17.6 Å². The second kappa shape index (κ2) is 4.84. The van der Waals surface area contributed by atoms with Crippen molar-refractivity contribution in [2.75, 3.05) is 6.61 Å². The van der Waals surface area contributed by atoms with E-state index in [0.717, 1.165) is 33.1 Å². The van der Waals surface area contributed by atoms with E-state index in [4.69, 9.17) is 14.5 Å². The van der Waals surface area contributed by atoms with Crippen LogP contribution in [-0.2, 0) is 9.53 Å². The summed E-state index contributed by atoms with van der Waals surface area (Å²) in [6, 6.07) is 14.0. The van der Waals surface area contributed by atoms with Gasteiger partial charge in [0.05, 0.1) is 11.0 Å². The lowest BCUT2D eigenvalue weighted by Gasteiger charge is -2.18. The zero-order chi connectivity index (χ0) is 15.1. The van der Waals surface area contributed by atoms with Gasteiger partial charge in [0.2, 0.25) is 0 Å².